The number of benzene rings is 3. The molecule has 1 N–H and O–H groups in total. The molecule has 39 heavy (non-hydrogen) atoms. The second-order valence-electron chi connectivity index (χ2n) is 10.2. The smallest absolute Gasteiger partial charge is 0.336 e. The number of hydrogen-bond donors (Lipinski definition) is 1. The van der Waals surface area contributed by atoms with Gasteiger partial charge in [0.05, 0.1) is 18.1 Å². The van der Waals surface area contributed by atoms with Crippen LogP contribution < -0.4 is 10.1 Å². The van der Waals surface area contributed by atoms with Gasteiger partial charge in [-0.15, -0.1) is 0 Å². The van der Waals surface area contributed by atoms with E-state index >= 15 is 0 Å². The van der Waals surface area contributed by atoms with Crippen LogP contribution in [-0.4, -0.2) is 18.4 Å². The zero-order valence-electron chi connectivity index (χ0n) is 22.6. The Balaban J connectivity index is 1.55. The Morgan fingerprint density at radius 1 is 0.923 bits per heavy atom. The van der Waals surface area contributed by atoms with Crippen molar-refractivity contribution in [2.24, 2.45) is 0 Å². The largest absolute Gasteiger partial charge is 0.489 e. The van der Waals surface area contributed by atoms with Crippen LogP contribution >= 0.6 is 0 Å². The maximum absolute atomic E-state index is 13.9. The normalized spacial score (nSPS) is 18.9. The number of ether oxygens (including phenoxy) is 2. The van der Waals surface area contributed by atoms with Gasteiger partial charge >= 0.3 is 5.97 Å². The number of unbranched alkanes of at least 4 members (excludes halogenated alkanes) is 1. The van der Waals surface area contributed by atoms with E-state index in [1.807, 2.05) is 79.7 Å². The highest BCUT2D eigenvalue weighted by Crippen LogP contribution is 2.47. The van der Waals surface area contributed by atoms with Crippen LogP contribution in [0.4, 0.5) is 0 Å². The molecule has 5 rings (SSSR count). The molecule has 1 aliphatic carbocycles. The molecule has 0 amide bonds. The number of dihydropyridines is 1. The van der Waals surface area contributed by atoms with Gasteiger partial charge in [0, 0.05) is 29.0 Å². The van der Waals surface area contributed by atoms with E-state index < -0.39 is 5.92 Å². The predicted molar refractivity (Wildman–Crippen MR) is 152 cm³/mol. The zero-order chi connectivity index (χ0) is 27.2. The summed E-state index contributed by atoms with van der Waals surface area (Å²) in [6, 6.07) is 27.9. The van der Waals surface area contributed by atoms with Crippen LogP contribution in [0.3, 0.4) is 0 Å². The summed E-state index contributed by atoms with van der Waals surface area (Å²) in [7, 11) is 0. The van der Waals surface area contributed by atoms with Crippen molar-refractivity contribution in [1.29, 1.82) is 0 Å². The number of carbonyl (C=O) groups excluding carboxylic acids is 2. The summed E-state index contributed by atoms with van der Waals surface area (Å²) in [6.07, 6.45) is 2.81. The molecule has 2 atom stereocenters. The molecule has 0 aromatic heterocycles. The minimum atomic E-state index is -0.563. The average Bonchev–Trinajstić information content (AvgIpc) is 2.96. The Bertz CT molecular complexity index is 1390. The average molecular weight is 522 g/mol. The molecule has 1 heterocycles. The molecule has 3 aromatic rings. The van der Waals surface area contributed by atoms with Gasteiger partial charge < -0.3 is 14.8 Å². The lowest BCUT2D eigenvalue weighted by atomic mass is 9.71. The minimum absolute atomic E-state index is 0.0480. The molecule has 0 saturated carbocycles. The molecular weight excluding hydrogens is 486 g/mol. The summed E-state index contributed by atoms with van der Waals surface area (Å²) in [5.74, 6) is -0.162. The first-order valence-electron chi connectivity index (χ1n) is 13.8. The van der Waals surface area contributed by atoms with E-state index in [-0.39, 0.29) is 17.7 Å². The van der Waals surface area contributed by atoms with E-state index in [0.29, 0.717) is 43.0 Å². The van der Waals surface area contributed by atoms with Crippen LogP contribution in [0.2, 0.25) is 0 Å². The first kappa shape index (κ1) is 26.5. The molecule has 1 aliphatic heterocycles. The van der Waals surface area contributed by atoms with Gasteiger partial charge in [-0.3, -0.25) is 4.79 Å². The van der Waals surface area contributed by atoms with Crippen molar-refractivity contribution in [3.63, 3.8) is 0 Å². The second kappa shape index (κ2) is 12.2. The van der Waals surface area contributed by atoms with E-state index in [1.54, 1.807) is 0 Å². The maximum atomic E-state index is 13.9. The number of para-hydroxylation sites is 1. The number of nitrogens with one attached hydrogen (secondary N) is 1. The Labute approximate surface area is 230 Å². The quantitative estimate of drug-likeness (QED) is 0.243. The summed E-state index contributed by atoms with van der Waals surface area (Å²) in [4.78, 5) is 27.4. The number of allylic oxidation sites excluding steroid dienone is 3. The fraction of sp³-hybridized carbons (Fsp3) is 0.294. The fourth-order valence-electron chi connectivity index (χ4n) is 5.55. The molecule has 2 unspecified atom stereocenters. The third-order valence-electron chi connectivity index (χ3n) is 7.52. The van der Waals surface area contributed by atoms with Gasteiger partial charge in [0.2, 0.25) is 0 Å². The van der Waals surface area contributed by atoms with Crippen molar-refractivity contribution in [2.75, 3.05) is 6.61 Å². The number of carbonyl (C=O) groups is 2. The van der Waals surface area contributed by atoms with Gasteiger partial charge in [0.25, 0.3) is 0 Å². The first-order chi connectivity index (χ1) is 19.1. The molecule has 5 heteroatoms. The van der Waals surface area contributed by atoms with Crippen molar-refractivity contribution < 1.29 is 19.1 Å². The maximum Gasteiger partial charge on any atom is 0.336 e. The topological polar surface area (TPSA) is 64.6 Å². The highest BCUT2D eigenvalue weighted by molar-refractivity contribution is 6.04. The highest BCUT2D eigenvalue weighted by Gasteiger charge is 2.42. The molecule has 0 bridgehead atoms. The van der Waals surface area contributed by atoms with Crippen molar-refractivity contribution in [3.8, 4) is 5.75 Å². The Hall–Kier alpha value is -4.12. The number of rotatable bonds is 9. The summed E-state index contributed by atoms with van der Waals surface area (Å²) in [5, 5.41) is 3.44. The fourth-order valence-corrected chi connectivity index (χ4v) is 5.55. The summed E-state index contributed by atoms with van der Waals surface area (Å²) in [6.45, 7) is 4.69. The van der Waals surface area contributed by atoms with E-state index in [9.17, 15) is 9.59 Å². The summed E-state index contributed by atoms with van der Waals surface area (Å²) < 4.78 is 12.0. The highest BCUT2D eigenvalue weighted by atomic mass is 16.5. The predicted octanol–water partition coefficient (Wildman–Crippen LogP) is 6.97. The number of ketones is 1. The summed E-state index contributed by atoms with van der Waals surface area (Å²) in [5.41, 5.74) is 5.72. The zero-order valence-corrected chi connectivity index (χ0v) is 22.6. The van der Waals surface area contributed by atoms with Gasteiger partial charge in [0.1, 0.15) is 12.4 Å². The molecule has 2 aliphatic rings. The lowest BCUT2D eigenvalue weighted by molar-refractivity contribution is -0.139. The monoisotopic (exact) mass is 521 g/mol. The van der Waals surface area contributed by atoms with Crippen LogP contribution in [-0.2, 0) is 20.9 Å². The Morgan fingerprint density at radius 3 is 2.36 bits per heavy atom. The van der Waals surface area contributed by atoms with Crippen molar-refractivity contribution in [1.82, 2.24) is 5.32 Å². The van der Waals surface area contributed by atoms with Crippen molar-refractivity contribution >= 4 is 11.8 Å². The van der Waals surface area contributed by atoms with Crippen molar-refractivity contribution in [3.05, 3.63) is 124 Å². The molecule has 0 spiro atoms. The van der Waals surface area contributed by atoms with Gasteiger partial charge in [-0.05, 0) is 42.9 Å². The van der Waals surface area contributed by atoms with Crippen LogP contribution in [0, 0.1) is 0 Å². The van der Waals surface area contributed by atoms with Crippen LogP contribution in [0.5, 0.6) is 5.75 Å². The van der Waals surface area contributed by atoms with Gasteiger partial charge in [-0.1, -0.05) is 92.2 Å². The van der Waals surface area contributed by atoms with Crippen LogP contribution in [0.15, 0.2) is 107 Å². The van der Waals surface area contributed by atoms with E-state index in [0.717, 1.165) is 40.9 Å². The minimum Gasteiger partial charge on any atom is -0.489 e. The van der Waals surface area contributed by atoms with Crippen LogP contribution in [0.25, 0.3) is 0 Å². The lowest BCUT2D eigenvalue weighted by Crippen LogP contribution is -2.36. The Morgan fingerprint density at radius 2 is 1.62 bits per heavy atom. The van der Waals surface area contributed by atoms with Gasteiger partial charge in [0.15, 0.2) is 5.78 Å². The third kappa shape index (κ3) is 5.83. The Kier molecular flexibility index (Phi) is 8.26. The SMILES string of the molecule is CCCCOC(=O)C1=C(C)NC2=C(C(=O)CC(c3ccccc3)C2)C1c1ccccc1OCc1ccccc1. The molecule has 5 nitrogen and oxygen atoms in total. The number of hydrogen-bond acceptors (Lipinski definition) is 5. The van der Waals surface area contributed by atoms with E-state index in [4.69, 9.17) is 9.47 Å². The second-order valence-corrected chi connectivity index (χ2v) is 10.2. The molecule has 200 valence electrons. The molecule has 3 aromatic carbocycles. The molecule has 0 saturated heterocycles. The van der Waals surface area contributed by atoms with Gasteiger partial charge in [-0.2, -0.15) is 0 Å². The van der Waals surface area contributed by atoms with Crippen LogP contribution in [0.1, 0.15) is 68.1 Å². The van der Waals surface area contributed by atoms with E-state index in [1.165, 1.54) is 0 Å². The van der Waals surface area contributed by atoms with Gasteiger partial charge in [-0.25, -0.2) is 4.79 Å². The standard InChI is InChI=1S/C34H35NO4/c1-3-4-19-38-34(37)31-23(2)35-28-20-26(25-15-9-6-10-16-25)21-29(36)33(28)32(31)27-17-11-12-18-30(27)39-22-24-13-7-5-8-14-24/h5-18,26,32,35H,3-4,19-22H2,1-2H3. The molecule has 0 radical (unpaired) electrons. The molecular formula is C34H35NO4. The molecule has 0 fully saturated rings. The lowest BCUT2D eigenvalue weighted by Gasteiger charge is -2.37. The third-order valence-corrected chi connectivity index (χ3v) is 7.52. The summed E-state index contributed by atoms with van der Waals surface area (Å²) >= 11 is 0. The number of esters is 1. The first-order valence-corrected chi connectivity index (χ1v) is 13.8. The van der Waals surface area contributed by atoms with Crippen molar-refractivity contribution in [2.45, 2.75) is 58.0 Å². The van der Waals surface area contributed by atoms with E-state index in [2.05, 4.69) is 24.4 Å². The number of Topliss-reactive ketones (excluding diaryl/α,β-unsaturated/α-hetero) is 1.